The van der Waals surface area contributed by atoms with Crippen LogP contribution < -0.4 is 5.43 Å². The SMILES string of the molecule is CS(=O)(=O)c1cccc(-n2ccc(=O)c(-c3ccnn3-c3ccccn3)n2)c1. The Morgan fingerprint density at radius 1 is 0.964 bits per heavy atom. The average molecular weight is 393 g/mol. The van der Waals surface area contributed by atoms with E-state index in [0.717, 1.165) is 6.26 Å². The number of nitrogens with zero attached hydrogens (tertiary/aromatic N) is 5. The van der Waals surface area contributed by atoms with Crippen molar-refractivity contribution < 1.29 is 8.42 Å². The van der Waals surface area contributed by atoms with E-state index >= 15 is 0 Å². The zero-order valence-corrected chi connectivity index (χ0v) is 15.6. The van der Waals surface area contributed by atoms with Crippen molar-refractivity contribution in [2.75, 3.05) is 6.26 Å². The highest BCUT2D eigenvalue weighted by Gasteiger charge is 2.15. The fourth-order valence-corrected chi connectivity index (χ4v) is 3.39. The predicted octanol–water partition coefficient (Wildman–Crippen LogP) is 1.88. The van der Waals surface area contributed by atoms with Gasteiger partial charge in [-0.1, -0.05) is 12.1 Å². The Labute approximate surface area is 160 Å². The largest absolute Gasteiger partial charge is 0.287 e. The van der Waals surface area contributed by atoms with Crippen molar-refractivity contribution in [1.29, 1.82) is 0 Å². The van der Waals surface area contributed by atoms with Gasteiger partial charge in [0.15, 0.2) is 21.3 Å². The molecule has 3 heterocycles. The normalized spacial score (nSPS) is 11.5. The van der Waals surface area contributed by atoms with Gasteiger partial charge in [-0.2, -0.15) is 10.2 Å². The van der Waals surface area contributed by atoms with Crippen LogP contribution in [0.1, 0.15) is 0 Å². The van der Waals surface area contributed by atoms with Gasteiger partial charge >= 0.3 is 0 Å². The molecule has 0 aliphatic heterocycles. The third-order valence-corrected chi connectivity index (χ3v) is 5.18. The van der Waals surface area contributed by atoms with Crippen molar-refractivity contribution in [2.24, 2.45) is 0 Å². The highest BCUT2D eigenvalue weighted by molar-refractivity contribution is 7.90. The van der Waals surface area contributed by atoms with Gasteiger partial charge in [0.1, 0.15) is 5.69 Å². The number of sulfone groups is 1. The van der Waals surface area contributed by atoms with Crippen LogP contribution in [0.3, 0.4) is 0 Å². The Morgan fingerprint density at radius 2 is 1.82 bits per heavy atom. The van der Waals surface area contributed by atoms with Crippen molar-refractivity contribution in [3.63, 3.8) is 0 Å². The van der Waals surface area contributed by atoms with Gasteiger partial charge < -0.3 is 0 Å². The lowest BCUT2D eigenvalue weighted by molar-refractivity contribution is 0.601. The van der Waals surface area contributed by atoms with Gasteiger partial charge in [-0.15, -0.1) is 0 Å². The second kappa shape index (κ2) is 6.86. The smallest absolute Gasteiger partial charge is 0.209 e. The van der Waals surface area contributed by atoms with E-state index in [2.05, 4.69) is 15.2 Å². The van der Waals surface area contributed by atoms with Crippen LogP contribution in [-0.4, -0.2) is 39.2 Å². The van der Waals surface area contributed by atoms with Crippen LogP contribution in [0.2, 0.25) is 0 Å². The molecule has 0 radical (unpaired) electrons. The van der Waals surface area contributed by atoms with Crippen LogP contribution in [-0.2, 0) is 9.84 Å². The molecule has 0 saturated carbocycles. The van der Waals surface area contributed by atoms with Crippen LogP contribution >= 0.6 is 0 Å². The lowest BCUT2D eigenvalue weighted by Gasteiger charge is -2.10. The molecule has 0 atom stereocenters. The third kappa shape index (κ3) is 3.35. The van der Waals surface area contributed by atoms with Gasteiger partial charge in [-0.05, 0) is 36.4 Å². The van der Waals surface area contributed by atoms with E-state index in [-0.39, 0.29) is 16.0 Å². The van der Waals surface area contributed by atoms with Crippen molar-refractivity contribution in [3.05, 3.63) is 83.4 Å². The van der Waals surface area contributed by atoms with Gasteiger partial charge in [0.25, 0.3) is 0 Å². The lowest BCUT2D eigenvalue weighted by atomic mass is 10.2. The summed E-state index contributed by atoms with van der Waals surface area (Å²) >= 11 is 0. The first kappa shape index (κ1) is 17.8. The number of benzene rings is 1. The van der Waals surface area contributed by atoms with Gasteiger partial charge in [0.2, 0.25) is 5.43 Å². The molecule has 0 aliphatic rings. The van der Waals surface area contributed by atoms with Crippen molar-refractivity contribution in [3.8, 4) is 22.9 Å². The van der Waals surface area contributed by atoms with Gasteiger partial charge in [-0.25, -0.2) is 22.8 Å². The summed E-state index contributed by atoms with van der Waals surface area (Å²) in [6.07, 6.45) is 5.83. The maximum absolute atomic E-state index is 12.5. The number of rotatable bonds is 4. The quantitative estimate of drug-likeness (QED) is 0.525. The van der Waals surface area contributed by atoms with E-state index in [1.54, 1.807) is 42.7 Å². The molecule has 0 N–H and O–H groups in total. The molecule has 0 unspecified atom stereocenters. The highest BCUT2D eigenvalue weighted by Crippen LogP contribution is 2.18. The molecule has 0 saturated heterocycles. The molecule has 0 fully saturated rings. The van der Waals surface area contributed by atoms with Crippen molar-refractivity contribution in [2.45, 2.75) is 4.90 Å². The summed E-state index contributed by atoms with van der Waals surface area (Å²) in [4.78, 5) is 16.9. The molecule has 0 spiro atoms. The molecular weight excluding hydrogens is 378 g/mol. The van der Waals surface area contributed by atoms with Crippen LogP contribution in [0.15, 0.2) is 82.9 Å². The minimum Gasteiger partial charge on any atom is -0.287 e. The predicted molar refractivity (Wildman–Crippen MR) is 103 cm³/mol. The summed E-state index contributed by atoms with van der Waals surface area (Å²) in [7, 11) is -3.36. The Kier molecular flexibility index (Phi) is 4.36. The maximum atomic E-state index is 12.5. The number of aromatic nitrogens is 5. The van der Waals surface area contributed by atoms with Gasteiger partial charge in [0, 0.05) is 24.7 Å². The van der Waals surface area contributed by atoms with Gasteiger partial charge in [-0.3, -0.25) is 4.79 Å². The summed E-state index contributed by atoms with van der Waals surface area (Å²) in [6, 6.07) is 14.8. The lowest BCUT2D eigenvalue weighted by Crippen LogP contribution is -2.15. The summed E-state index contributed by atoms with van der Waals surface area (Å²) in [5.74, 6) is 0.554. The molecule has 1 aromatic carbocycles. The van der Waals surface area contributed by atoms with Crippen molar-refractivity contribution >= 4 is 9.84 Å². The van der Waals surface area contributed by atoms with E-state index in [4.69, 9.17) is 0 Å². The van der Waals surface area contributed by atoms with Crippen LogP contribution in [0, 0.1) is 0 Å². The minimum absolute atomic E-state index is 0.172. The minimum atomic E-state index is -3.36. The van der Waals surface area contributed by atoms with Crippen LogP contribution in [0.5, 0.6) is 0 Å². The Morgan fingerprint density at radius 3 is 2.57 bits per heavy atom. The number of hydrogen-bond donors (Lipinski definition) is 0. The second-order valence-electron chi connectivity index (χ2n) is 6.06. The highest BCUT2D eigenvalue weighted by atomic mass is 32.2. The summed E-state index contributed by atoms with van der Waals surface area (Å²) in [5, 5.41) is 8.65. The van der Waals surface area contributed by atoms with E-state index in [9.17, 15) is 13.2 Å². The maximum Gasteiger partial charge on any atom is 0.209 e. The van der Waals surface area contributed by atoms with Crippen LogP contribution in [0.25, 0.3) is 22.9 Å². The molecular formula is C19H15N5O3S. The summed E-state index contributed by atoms with van der Waals surface area (Å²) in [6.45, 7) is 0. The Balaban J connectivity index is 1.85. The summed E-state index contributed by atoms with van der Waals surface area (Å²) in [5.41, 5.74) is 0.897. The monoisotopic (exact) mass is 393 g/mol. The summed E-state index contributed by atoms with van der Waals surface area (Å²) < 4.78 is 26.6. The van der Waals surface area contributed by atoms with Crippen molar-refractivity contribution in [1.82, 2.24) is 24.5 Å². The zero-order valence-electron chi connectivity index (χ0n) is 14.8. The molecule has 4 rings (SSSR count). The fourth-order valence-electron chi connectivity index (χ4n) is 2.73. The number of hydrogen-bond acceptors (Lipinski definition) is 6. The number of pyridine rings is 1. The standard InChI is InChI=1S/C19H15N5O3S/c1-28(26,27)15-6-4-5-14(13-15)23-12-9-17(25)19(22-23)16-8-11-21-24(16)18-7-2-3-10-20-18/h2-13H,1H3. The average Bonchev–Trinajstić information content (AvgIpc) is 3.18. The Bertz CT molecular complexity index is 1310. The van der Waals surface area contributed by atoms with E-state index in [1.165, 1.54) is 33.8 Å². The Hall–Kier alpha value is -3.59. The molecule has 9 heteroatoms. The fraction of sp³-hybridized carbons (Fsp3) is 0.0526. The first-order valence-electron chi connectivity index (χ1n) is 8.30. The van der Waals surface area contributed by atoms with E-state index in [1.807, 2.05) is 6.07 Å². The first-order valence-corrected chi connectivity index (χ1v) is 10.2. The molecule has 28 heavy (non-hydrogen) atoms. The molecule has 8 nitrogen and oxygen atoms in total. The van der Waals surface area contributed by atoms with Crippen LogP contribution in [0.4, 0.5) is 0 Å². The second-order valence-corrected chi connectivity index (χ2v) is 8.07. The first-order chi connectivity index (χ1) is 13.4. The third-order valence-electron chi connectivity index (χ3n) is 4.07. The van der Waals surface area contributed by atoms with Gasteiger partial charge in [0.05, 0.1) is 16.8 Å². The van der Waals surface area contributed by atoms with E-state index in [0.29, 0.717) is 17.2 Å². The molecule has 0 aliphatic carbocycles. The molecule has 4 aromatic rings. The molecule has 3 aromatic heterocycles. The van der Waals surface area contributed by atoms with E-state index < -0.39 is 9.84 Å². The zero-order chi connectivity index (χ0) is 19.7. The molecule has 0 bridgehead atoms. The molecule has 140 valence electrons. The topological polar surface area (TPSA) is 99.7 Å². The molecule has 0 amide bonds.